The lowest BCUT2D eigenvalue weighted by atomic mass is 10.2. The van der Waals surface area contributed by atoms with Crippen LogP contribution in [0.5, 0.6) is 0 Å². The van der Waals surface area contributed by atoms with Crippen LogP contribution in [0.4, 0.5) is 5.69 Å². The van der Waals surface area contributed by atoms with Crippen LogP contribution in [0.1, 0.15) is 26.8 Å². The lowest BCUT2D eigenvalue weighted by Gasteiger charge is -2.17. The van der Waals surface area contributed by atoms with Gasteiger partial charge in [0.05, 0.1) is 5.52 Å². The predicted octanol–water partition coefficient (Wildman–Crippen LogP) is 2.31. The maximum Gasteiger partial charge on any atom is 0.242 e. The highest BCUT2D eigenvalue weighted by atomic mass is 16.2. The Balaban J connectivity index is 2.35. The molecular formula is C14H19N3O. The van der Waals surface area contributed by atoms with Gasteiger partial charge < -0.3 is 15.6 Å². The van der Waals surface area contributed by atoms with Gasteiger partial charge in [0.15, 0.2) is 0 Å². The summed E-state index contributed by atoms with van der Waals surface area (Å²) in [6.45, 7) is 5.80. The normalized spacial score (nSPS) is 12.9. The zero-order valence-electron chi connectivity index (χ0n) is 11.0. The minimum Gasteiger partial charge on any atom is -0.399 e. The molecule has 1 unspecified atom stereocenters. The molecule has 0 aliphatic carbocycles. The number of amides is 1. The smallest absolute Gasteiger partial charge is 0.242 e. The summed E-state index contributed by atoms with van der Waals surface area (Å²) in [4.78, 5) is 12.0. The number of rotatable bonds is 3. The summed E-state index contributed by atoms with van der Waals surface area (Å²) < 4.78 is 1.95. The Kier molecular flexibility index (Phi) is 3.28. The predicted molar refractivity (Wildman–Crippen MR) is 74.3 cm³/mol. The molecule has 4 nitrogen and oxygen atoms in total. The summed E-state index contributed by atoms with van der Waals surface area (Å²) in [5, 5.41) is 4.01. The number of nitrogens with two attached hydrogens (primary N) is 1. The van der Waals surface area contributed by atoms with Crippen LogP contribution < -0.4 is 11.1 Å². The van der Waals surface area contributed by atoms with Crippen molar-refractivity contribution in [3.05, 3.63) is 30.5 Å². The molecule has 0 bridgehead atoms. The third-order valence-corrected chi connectivity index (χ3v) is 2.97. The van der Waals surface area contributed by atoms with Gasteiger partial charge in [-0.1, -0.05) is 6.07 Å². The van der Waals surface area contributed by atoms with E-state index in [9.17, 15) is 4.79 Å². The van der Waals surface area contributed by atoms with Crippen molar-refractivity contribution >= 4 is 22.5 Å². The van der Waals surface area contributed by atoms with Gasteiger partial charge in [0.1, 0.15) is 6.04 Å². The van der Waals surface area contributed by atoms with Crippen LogP contribution in [-0.4, -0.2) is 16.5 Å². The fraction of sp³-hybridized carbons (Fsp3) is 0.357. The summed E-state index contributed by atoms with van der Waals surface area (Å²) in [6.07, 6.45) is 1.93. The number of carbonyl (C=O) groups is 1. The quantitative estimate of drug-likeness (QED) is 0.815. The molecule has 0 spiro atoms. The molecule has 0 saturated carbocycles. The van der Waals surface area contributed by atoms with Gasteiger partial charge in [-0.05, 0) is 44.4 Å². The van der Waals surface area contributed by atoms with Gasteiger partial charge in [0.25, 0.3) is 0 Å². The molecule has 0 radical (unpaired) electrons. The second kappa shape index (κ2) is 4.72. The first-order valence-corrected chi connectivity index (χ1v) is 6.15. The number of hydrogen-bond acceptors (Lipinski definition) is 2. The summed E-state index contributed by atoms with van der Waals surface area (Å²) in [6, 6.07) is 7.63. The molecule has 2 rings (SSSR count). The standard InChI is InChI=1S/C14H19N3O/c1-9(2)16-14(18)10(3)17-7-6-11-4-5-12(15)8-13(11)17/h4-10H,15H2,1-3H3,(H,16,18). The van der Waals surface area contributed by atoms with Gasteiger partial charge in [0.2, 0.25) is 5.91 Å². The van der Waals surface area contributed by atoms with Crippen LogP contribution in [0.25, 0.3) is 10.9 Å². The first-order chi connectivity index (χ1) is 8.49. The highest BCUT2D eigenvalue weighted by Gasteiger charge is 2.16. The lowest BCUT2D eigenvalue weighted by Crippen LogP contribution is -2.35. The molecule has 0 fully saturated rings. The second-order valence-electron chi connectivity index (χ2n) is 4.88. The molecule has 3 N–H and O–H groups in total. The monoisotopic (exact) mass is 245 g/mol. The molecule has 0 aliphatic heterocycles. The minimum absolute atomic E-state index is 0.0184. The first kappa shape index (κ1) is 12.5. The van der Waals surface area contributed by atoms with Gasteiger partial charge >= 0.3 is 0 Å². The highest BCUT2D eigenvalue weighted by molar-refractivity contribution is 5.87. The molecule has 0 saturated heterocycles. The van der Waals surface area contributed by atoms with Gasteiger partial charge in [-0.25, -0.2) is 0 Å². The van der Waals surface area contributed by atoms with E-state index in [2.05, 4.69) is 5.32 Å². The Morgan fingerprint density at radius 3 is 2.67 bits per heavy atom. The molecule has 0 aliphatic rings. The van der Waals surface area contributed by atoms with Crippen LogP contribution in [0.15, 0.2) is 30.5 Å². The van der Waals surface area contributed by atoms with E-state index in [4.69, 9.17) is 5.73 Å². The van der Waals surface area contributed by atoms with E-state index in [1.165, 1.54) is 0 Å². The topological polar surface area (TPSA) is 60.0 Å². The van der Waals surface area contributed by atoms with Crippen molar-refractivity contribution < 1.29 is 4.79 Å². The summed E-state index contributed by atoms with van der Waals surface area (Å²) in [7, 11) is 0. The third kappa shape index (κ3) is 2.32. The zero-order valence-corrected chi connectivity index (χ0v) is 11.0. The Hall–Kier alpha value is -1.97. The van der Waals surface area contributed by atoms with E-state index in [1.54, 1.807) is 0 Å². The average Bonchev–Trinajstić information content (AvgIpc) is 2.69. The molecule has 1 heterocycles. The van der Waals surface area contributed by atoms with Gasteiger partial charge in [-0.15, -0.1) is 0 Å². The van der Waals surface area contributed by atoms with Crippen LogP contribution >= 0.6 is 0 Å². The Labute approximate surface area is 107 Å². The number of fused-ring (bicyclic) bond motifs is 1. The lowest BCUT2D eigenvalue weighted by molar-refractivity contribution is -0.124. The van der Waals surface area contributed by atoms with Crippen LogP contribution in [0.2, 0.25) is 0 Å². The van der Waals surface area contributed by atoms with Crippen molar-refractivity contribution in [1.82, 2.24) is 9.88 Å². The maximum absolute atomic E-state index is 12.0. The molecule has 2 aromatic rings. The average molecular weight is 245 g/mol. The Bertz CT molecular complexity index is 571. The molecule has 1 atom stereocenters. The largest absolute Gasteiger partial charge is 0.399 e. The van der Waals surface area contributed by atoms with Crippen LogP contribution in [0.3, 0.4) is 0 Å². The molecule has 1 amide bonds. The number of aromatic nitrogens is 1. The van der Waals surface area contributed by atoms with Crippen molar-refractivity contribution in [2.45, 2.75) is 32.9 Å². The van der Waals surface area contributed by atoms with Gasteiger partial charge in [-0.3, -0.25) is 4.79 Å². The number of nitrogen functional groups attached to an aromatic ring is 1. The number of benzene rings is 1. The van der Waals surface area contributed by atoms with Gasteiger partial charge in [0, 0.05) is 17.9 Å². The highest BCUT2D eigenvalue weighted by Crippen LogP contribution is 2.22. The molecule has 1 aromatic heterocycles. The fourth-order valence-electron chi connectivity index (χ4n) is 2.04. The van der Waals surface area contributed by atoms with Crippen molar-refractivity contribution in [3.8, 4) is 0 Å². The molecule has 96 valence electrons. The second-order valence-corrected chi connectivity index (χ2v) is 4.88. The number of nitrogens with one attached hydrogen (secondary N) is 1. The van der Waals surface area contributed by atoms with E-state index in [0.29, 0.717) is 5.69 Å². The number of carbonyl (C=O) groups excluding carboxylic acids is 1. The first-order valence-electron chi connectivity index (χ1n) is 6.15. The SMILES string of the molecule is CC(C)NC(=O)C(C)n1ccc2ccc(N)cc21. The minimum atomic E-state index is -0.244. The summed E-state index contributed by atoms with van der Waals surface area (Å²) >= 11 is 0. The fourth-order valence-corrected chi connectivity index (χ4v) is 2.04. The molecule has 18 heavy (non-hydrogen) atoms. The molecular weight excluding hydrogens is 226 g/mol. The van der Waals surface area contributed by atoms with E-state index < -0.39 is 0 Å². The zero-order chi connectivity index (χ0) is 13.3. The van der Waals surface area contributed by atoms with Crippen molar-refractivity contribution in [3.63, 3.8) is 0 Å². The number of anilines is 1. The van der Waals surface area contributed by atoms with Crippen LogP contribution in [-0.2, 0) is 4.79 Å². The van der Waals surface area contributed by atoms with E-state index >= 15 is 0 Å². The van der Waals surface area contributed by atoms with E-state index in [0.717, 1.165) is 10.9 Å². The van der Waals surface area contributed by atoms with Gasteiger partial charge in [-0.2, -0.15) is 0 Å². The summed E-state index contributed by atoms with van der Waals surface area (Å²) in [5.74, 6) is 0.0184. The van der Waals surface area contributed by atoms with E-state index in [-0.39, 0.29) is 18.0 Å². The Morgan fingerprint density at radius 1 is 1.28 bits per heavy atom. The molecule has 4 heteroatoms. The van der Waals surface area contributed by atoms with E-state index in [1.807, 2.05) is 55.8 Å². The van der Waals surface area contributed by atoms with Crippen LogP contribution in [0, 0.1) is 0 Å². The third-order valence-electron chi connectivity index (χ3n) is 2.97. The van der Waals surface area contributed by atoms with Crippen molar-refractivity contribution in [2.24, 2.45) is 0 Å². The maximum atomic E-state index is 12.0. The summed E-state index contributed by atoms with van der Waals surface area (Å²) in [5.41, 5.74) is 7.49. The number of nitrogens with zero attached hydrogens (tertiary/aromatic N) is 1. The Morgan fingerprint density at radius 2 is 2.00 bits per heavy atom. The molecule has 1 aromatic carbocycles. The van der Waals surface area contributed by atoms with Crippen molar-refractivity contribution in [2.75, 3.05) is 5.73 Å². The van der Waals surface area contributed by atoms with Crippen molar-refractivity contribution in [1.29, 1.82) is 0 Å². The number of hydrogen-bond donors (Lipinski definition) is 2.